The van der Waals surface area contributed by atoms with Crippen molar-refractivity contribution in [1.82, 2.24) is 19.6 Å². The number of hydrogen-bond donors (Lipinski definition) is 1. The number of benzene rings is 1. The molecule has 1 aromatic carbocycles. The van der Waals surface area contributed by atoms with E-state index in [9.17, 15) is 14.0 Å². The van der Waals surface area contributed by atoms with Crippen LogP contribution in [0.2, 0.25) is 0 Å². The number of carbonyl (C=O) groups is 1. The molecule has 2 aliphatic rings. The van der Waals surface area contributed by atoms with Crippen molar-refractivity contribution >= 4 is 16.9 Å². The van der Waals surface area contributed by atoms with Crippen molar-refractivity contribution in [3.63, 3.8) is 0 Å². The molecular formula is C33H45FN4O4. The fourth-order valence-electron chi connectivity index (χ4n) is 6.86. The van der Waals surface area contributed by atoms with E-state index in [2.05, 4.69) is 10.1 Å². The van der Waals surface area contributed by atoms with Gasteiger partial charge in [-0.15, -0.1) is 0 Å². The normalized spacial score (nSPS) is 18.0. The Kier molecular flexibility index (Phi) is 10.4. The van der Waals surface area contributed by atoms with E-state index in [4.69, 9.17) is 14.6 Å². The minimum atomic E-state index is -0.698. The summed E-state index contributed by atoms with van der Waals surface area (Å²) in [4.78, 5) is 31.5. The van der Waals surface area contributed by atoms with Gasteiger partial charge in [-0.2, -0.15) is 0 Å². The van der Waals surface area contributed by atoms with Crippen molar-refractivity contribution in [3.05, 3.63) is 57.1 Å². The second-order valence-corrected chi connectivity index (χ2v) is 12.4. The molecule has 1 fully saturated rings. The van der Waals surface area contributed by atoms with Crippen LogP contribution in [0.15, 0.2) is 27.5 Å². The molecule has 1 N–H and O–H groups in total. The summed E-state index contributed by atoms with van der Waals surface area (Å²) >= 11 is 0. The quantitative estimate of drug-likeness (QED) is 0.220. The molecule has 2 aromatic heterocycles. The number of carboxylic acid groups (broad SMARTS) is 1. The Hall–Kier alpha value is -3.07. The number of likely N-dealkylation sites (tertiary alicyclic amines) is 1. The molecule has 0 amide bonds. The highest BCUT2D eigenvalue weighted by Crippen LogP contribution is 2.33. The number of aromatic nitrogens is 3. The molecule has 5 rings (SSSR count). The fourth-order valence-corrected chi connectivity index (χ4v) is 6.86. The molecule has 1 saturated heterocycles. The van der Waals surface area contributed by atoms with E-state index in [1.807, 2.05) is 11.5 Å². The van der Waals surface area contributed by atoms with Gasteiger partial charge in [0.15, 0.2) is 5.58 Å². The first-order valence-electron chi connectivity index (χ1n) is 16.0. The molecule has 1 atom stereocenters. The van der Waals surface area contributed by atoms with E-state index >= 15 is 0 Å². The maximum absolute atomic E-state index is 13.6. The first-order valence-corrected chi connectivity index (χ1v) is 16.0. The van der Waals surface area contributed by atoms with Gasteiger partial charge in [0.2, 0.25) is 0 Å². The van der Waals surface area contributed by atoms with Crippen LogP contribution in [-0.4, -0.2) is 50.3 Å². The zero-order valence-corrected chi connectivity index (χ0v) is 25.0. The lowest BCUT2D eigenvalue weighted by molar-refractivity contribution is -0.137. The number of nitrogens with zero attached hydrogens (tertiary/aromatic N) is 4. The van der Waals surface area contributed by atoms with Gasteiger partial charge in [-0.3, -0.25) is 14.2 Å². The topological polar surface area (TPSA) is 101 Å². The Balaban J connectivity index is 1.07. The summed E-state index contributed by atoms with van der Waals surface area (Å²) in [6.07, 6.45) is 13.7. The predicted octanol–water partition coefficient (Wildman–Crippen LogP) is 6.41. The van der Waals surface area contributed by atoms with Crippen LogP contribution in [0.25, 0.3) is 11.0 Å². The van der Waals surface area contributed by atoms with Crippen LogP contribution in [-0.2, 0) is 24.2 Å². The molecule has 0 aliphatic carbocycles. The van der Waals surface area contributed by atoms with Gasteiger partial charge in [-0.05, 0) is 76.6 Å². The molecule has 42 heavy (non-hydrogen) atoms. The highest BCUT2D eigenvalue weighted by atomic mass is 19.1. The lowest BCUT2D eigenvalue weighted by Crippen LogP contribution is -2.38. The van der Waals surface area contributed by atoms with Gasteiger partial charge in [0, 0.05) is 54.6 Å². The Morgan fingerprint density at radius 1 is 1.07 bits per heavy atom. The molecule has 9 heteroatoms. The summed E-state index contributed by atoms with van der Waals surface area (Å²) in [6, 6.07) is 4.63. The largest absolute Gasteiger partial charge is 0.481 e. The zero-order valence-electron chi connectivity index (χ0n) is 25.0. The summed E-state index contributed by atoms with van der Waals surface area (Å²) in [7, 11) is 0. The summed E-state index contributed by atoms with van der Waals surface area (Å²) in [6.45, 7) is 5.47. The van der Waals surface area contributed by atoms with Crippen molar-refractivity contribution in [2.75, 3.05) is 19.6 Å². The van der Waals surface area contributed by atoms with Crippen LogP contribution in [0.4, 0.5) is 4.39 Å². The molecule has 4 heterocycles. The van der Waals surface area contributed by atoms with Crippen LogP contribution in [0, 0.1) is 18.7 Å². The highest BCUT2D eigenvalue weighted by molar-refractivity contribution is 5.79. The van der Waals surface area contributed by atoms with Crippen LogP contribution in [0.3, 0.4) is 0 Å². The smallest absolute Gasteiger partial charge is 0.303 e. The number of rotatable bonds is 14. The molecule has 0 radical (unpaired) electrons. The zero-order chi connectivity index (χ0) is 29.5. The number of carboxylic acids is 1. The lowest BCUT2D eigenvalue weighted by Gasteiger charge is -2.31. The van der Waals surface area contributed by atoms with Crippen molar-refractivity contribution in [2.24, 2.45) is 5.92 Å². The van der Waals surface area contributed by atoms with Crippen molar-refractivity contribution in [1.29, 1.82) is 0 Å². The summed E-state index contributed by atoms with van der Waals surface area (Å²) < 4.78 is 20.9. The molecule has 3 aromatic rings. The summed E-state index contributed by atoms with van der Waals surface area (Å²) in [5.74, 6) is 0.765. The standard InChI is InChI=1S/C33H45FN4O4/c1-23-27(17-20-37-18-15-25(16-19-37)32-28-13-12-26(34)21-29(28)42-36-32)33(41)38-22-24(11-14-30(38)35-23)9-7-5-3-2-4-6-8-10-31(39)40/h12-13,21,24-25H,2-11,14-20,22H2,1H3,(H,39,40). The average molecular weight is 581 g/mol. The third-order valence-electron chi connectivity index (χ3n) is 9.38. The van der Waals surface area contributed by atoms with Gasteiger partial charge in [-0.1, -0.05) is 43.7 Å². The Bertz CT molecular complexity index is 1410. The fraction of sp³-hybridized carbons (Fsp3) is 0.636. The van der Waals surface area contributed by atoms with Gasteiger partial charge >= 0.3 is 5.97 Å². The average Bonchev–Trinajstić information content (AvgIpc) is 3.39. The SMILES string of the molecule is Cc1nc2n(c(=O)c1CCN1CCC(c3noc4cc(F)ccc34)CC1)CC(CCCCCCCCCC(=O)O)CC2. The molecule has 0 bridgehead atoms. The minimum Gasteiger partial charge on any atom is -0.481 e. The second kappa shape index (κ2) is 14.4. The van der Waals surface area contributed by atoms with E-state index in [-0.39, 0.29) is 17.8 Å². The Labute approximate surface area is 247 Å². The minimum absolute atomic E-state index is 0.153. The number of aryl methyl sites for hydroxylation is 2. The molecule has 1 unspecified atom stereocenters. The maximum atomic E-state index is 13.6. The van der Waals surface area contributed by atoms with Gasteiger partial charge in [0.1, 0.15) is 11.6 Å². The van der Waals surface area contributed by atoms with Crippen LogP contribution >= 0.6 is 0 Å². The van der Waals surface area contributed by atoms with Gasteiger partial charge in [-0.25, -0.2) is 9.37 Å². The predicted molar refractivity (Wildman–Crippen MR) is 160 cm³/mol. The number of fused-ring (bicyclic) bond motifs is 2. The van der Waals surface area contributed by atoms with Crippen LogP contribution in [0.5, 0.6) is 0 Å². The van der Waals surface area contributed by atoms with Crippen LogP contribution in [0.1, 0.15) is 106 Å². The van der Waals surface area contributed by atoms with Crippen molar-refractivity contribution < 1.29 is 18.8 Å². The molecule has 228 valence electrons. The number of aliphatic carboxylic acids is 1. The summed E-state index contributed by atoms with van der Waals surface area (Å²) in [5.41, 5.74) is 3.32. The molecular weight excluding hydrogens is 535 g/mol. The van der Waals surface area contributed by atoms with E-state index in [1.165, 1.54) is 37.8 Å². The van der Waals surface area contributed by atoms with Gasteiger partial charge in [0.05, 0.1) is 5.69 Å². The third-order valence-corrected chi connectivity index (χ3v) is 9.38. The molecule has 0 saturated carbocycles. The lowest BCUT2D eigenvalue weighted by atomic mass is 9.91. The first kappa shape index (κ1) is 30.4. The first-order chi connectivity index (χ1) is 20.4. The number of halogens is 1. The second-order valence-electron chi connectivity index (χ2n) is 12.4. The van der Waals surface area contributed by atoms with Crippen molar-refractivity contribution in [2.45, 2.75) is 109 Å². The number of piperidine rings is 1. The number of unbranched alkanes of at least 4 members (excludes halogenated alkanes) is 6. The molecule has 0 spiro atoms. The van der Waals surface area contributed by atoms with Gasteiger partial charge in [0.25, 0.3) is 5.56 Å². The van der Waals surface area contributed by atoms with E-state index < -0.39 is 5.97 Å². The van der Waals surface area contributed by atoms with E-state index in [1.54, 1.807) is 6.07 Å². The summed E-state index contributed by atoms with van der Waals surface area (Å²) in [5, 5.41) is 13.9. The molecule has 2 aliphatic heterocycles. The number of hydrogen-bond acceptors (Lipinski definition) is 6. The Morgan fingerprint density at radius 3 is 2.57 bits per heavy atom. The highest BCUT2D eigenvalue weighted by Gasteiger charge is 2.26. The monoisotopic (exact) mass is 580 g/mol. The Morgan fingerprint density at radius 2 is 1.81 bits per heavy atom. The maximum Gasteiger partial charge on any atom is 0.303 e. The van der Waals surface area contributed by atoms with E-state index in [0.29, 0.717) is 23.8 Å². The van der Waals surface area contributed by atoms with Crippen LogP contribution < -0.4 is 5.56 Å². The van der Waals surface area contributed by atoms with E-state index in [0.717, 1.165) is 106 Å². The molecule has 8 nitrogen and oxygen atoms in total. The van der Waals surface area contributed by atoms with Crippen molar-refractivity contribution in [3.8, 4) is 0 Å². The van der Waals surface area contributed by atoms with Gasteiger partial charge < -0.3 is 14.5 Å². The third kappa shape index (κ3) is 7.65.